The lowest BCUT2D eigenvalue weighted by Crippen LogP contribution is -2.48. The summed E-state index contributed by atoms with van der Waals surface area (Å²) in [5.41, 5.74) is 7.08. The average Bonchev–Trinajstić information content (AvgIpc) is 2.48. The molecule has 4 nitrogen and oxygen atoms in total. The van der Waals surface area contributed by atoms with E-state index in [1.54, 1.807) is 7.11 Å². The van der Waals surface area contributed by atoms with Gasteiger partial charge < -0.3 is 15.8 Å². The van der Waals surface area contributed by atoms with Gasteiger partial charge in [-0.2, -0.15) is 0 Å². The first-order chi connectivity index (χ1) is 10.6. The molecule has 2 bridgehead atoms. The van der Waals surface area contributed by atoms with E-state index in [1.165, 1.54) is 19.3 Å². The SMILES string of the molecule is COc1cc(NC(=O)C2CC3CCCC(C2)C3N)ccc1Br.Cl. The van der Waals surface area contributed by atoms with Crippen molar-refractivity contribution in [2.24, 2.45) is 23.5 Å². The summed E-state index contributed by atoms with van der Waals surface area (Å²) >= 11 is 3.42. The average molecular weight is 404 g/mol. The molecule has 0 aromatic heterocycles. The maximum atomic E-state index is 12.6. The standard InChI is InChI=1S/C17H23BrN2O2.ClH/c1-22-15-9-13(5-6-14(15)18)20-17(21)12-7-10-3-2-4-11(8-12)16(10)19;/h5-6,9-12,16H,2-4,7-8,19H2,1H3,(H,20,21);1H. The van der Waals surface area contributed by atoms with Gasteiger partial charge in [0.1, 0.15) is 5.75 Å². The quantitative estimate of drug-likeness (QED) is 0.802. The first-order valence-corrected chi connectivity index (χ1v) is 8.77. The third-order valence-corrected chi connectivity index (χ3v) is 5.86. The van der Waals surface area contributed by atoms with Gasteiger partial charge in [0.15, 0.2) is 0 Å². The van der Waals surface area contributed by atoms with E-state index in [1.807, 2.05) is 18.2 Å². The van der Waals surface area contributed by atoms with Crippen molar-refractivity contribution in [2.45, 2.75) is 38.1 Å². The van der Waals surface area contributed by atoms with Crippen molar-refractivity contribution in [1.29, 1.82) is 0 Å². The second-order valence-corrected chi connectivity index (χ2v) is 7.39. The Morgan fingerprint density at radius 1 is 1.30 bits per heavy atom. The molecule has 128 valence electrons. The van der Waals surface area contributed by atoms with E-state index < -0.39 is 0 Å². The highest BCUT2D eigenvalue weighted by Crippen LogP contribution is 2.42. The van der Waals surface area contributed by atoms with E-state index in [0.29, 0.717) is 17.9 Å². The van der Waals surface area contributed by atoms with Crippen LogP contribution >= 0.6 is 28.3 Å². The maximum absolute atomic E-state index is 12.6. The van der Waals surface area contributed by atoms with E-state index in [2.05, 4.69) is 21.2 Å². The molecule has 2 aliphatic carbocycles. The molecule has 1 aromatic rings. The summed E-state index contributed by atoms with van der Waals surface area (Å²) in [6.45, 7) is 0. The summed E-state index contributed by atoms with van der Waals surface area (Å²) in [6, 6.07) is 5.92. The van der Waals surface area contributed by atoms with Crippen LogP contribution in [-0.2, 0) is 4.79 Å². The summed E-state index contributed by atoms with van der Waals surface area (Å²) < 4.78 is 6.15. The lowest BCUT2D eigenvalue weighted by atomic mass is 9.65. The van der Waals surface area contributed by atoms with Crippen LogP contribution in [0.3, 0.4) is 0 Å². The van der Waals surface area contributed by atoms with Gasteiger partial charge in [-0.15, -0.1) is 12.4 Å². The van der Waals surface area contributed by atoms with Crippen molar-refractivity contribution in [3.8, 4) is 5.75 Å². The van der Waals surface area contributed by atoms with Gasteiger partial charge in [-0.25, -0.2) is 0 Å². The minimum Gasteiger partial charge on any atom is -0.495 e. The number of halogens is 2. The Balaban J connectivity index is 0.00000192. The van der Waals surface area contributed by atoms with Crippen molar-refractivity contribution in [2.75, 3.05) is 12.4 Å². The second-order valence-electron chi connectivity index (χ2n) is 6.54. The fraction of sp³-hybridized carbons (Fsp3) is 0.588. The zero-order valence-corrected chi connectivity index (χ0v) is 15.7. The number of benzene rings is 1. The highest BCUT2D eigenvalue weighted by atomic mass is 79.9. The number of amides is 1. The number of carbonyl (C=O) groups is 1. The monoisotopic (exact) mass is 402 g/mol. The number of hydrogen-bond donors (Lipinski definition) is 2. The van der Waals surface area contributed by atoms with E-state index in [4.69, 9.17) is 10.5 Å². The molecule has 2 aliphatic rings. The van der Waals surface area contributed by atoms with E-state index in [9.17, 15) is 4.79 Å². The molecular weight excluding hydrogens is 380 g/mol. The molecule has 0 radical (unpaired) electrons. The normalized spacial score (nSPS) is 29.3. The molecule has 0 saturated heterocycles. The molecule has 3 N–H and O–H groups in total. The lowest BCUT2D eigenvalue weighted by molar-refractivity contribution is -0.122. The third-order valence-electron chi connectivity index (χ3n) is 5.20. The van der Waals surface area contributed by atoms with Gasteiger partial charge in [0, 0.05) is 23.7 Å². The number of hydrogen-bond acceptors (Lipinski definition) is 3. The van der Waals surface area contributed by atoms with Gasteiger partial charge in [-0.05, 0) is 65.6 Å². The topological polar surface area (TPSA) is 64.3 Å². The molecule has 0 spiro atoms. The van der Waals surface area contributed by atoms with Crippen LogP contribution in [0.2, 0.25) is 0 Å². The molecule has 0 aliphatic heterocycles. The Hall–Kier alpha value is -0.780. The van der Waals surface area contributed by atoms with Gasteiger partial charge in [-0.1, -0.05) is 6.42 Å². The van der Waals surface area contributed by atoms with E-state index >= 15 is 0 Å². The van der Waals surface area contributed by atoms with Crippen molar-refractivity contribution in [3.63, 3.8) is 0 Å². The van der Waals surface area contributed by atoms with Crippen LogP contribution in [0.4, 0.5) is 5.69 Å². The van der Waals surface area contributed by atoms with Gasteiger partial charge >= 0.3 is 0 Å². The minimum absolute atomic E-state index is 0. The second kappa shape index (κ2) is 7.86. The Bertz CT molecular complexity index is 556. The van der Waals surface area contributed by atoms with E-state index in [-0.39, 0.29) is 24.2 Å². The van der Waals surface area contributed by atoms with Crippen LogP contribution in [0.5, 0.6) is 5.75 Å². The number of fused-ring (bicyclic) bond motifs is 2. The molecule has 0 heterocycles. The molecule has 2 saturated carbocycles. The molecule has 3 rings (SSSR count). The Labute approximate surface area is 152 Å². The summed E-state index contributed by atoms with van der Waals surface area (Å²) in [7, 11) is 1.62. The number of nitrogens with one attached hydrogen (secondary N) is 1. The molecule has 23 heavy (non-hydrogen) atoms. The number of carbonyl (C=O) groups excluding carboxylic acids is 1. The highest BCUT2D eigenvalue weighted by Gasteiger charge is 2.40. The smallest absolute Gasteiger partial charge is 0.227 e. The fourth-order valence-electron chi connectivity index (χ4n) is 3.99. The summed E-state index contributed by atoms with van der Waals surface area (Å²) in [5, 5.41) is 3.04. The fourth-order valence-corrected chi connectivity index (χ4v) is 4.39. The zero-order chi connectivity index (χ0) is 15.7. The Morgan fingerprint density at radius 3 is 2.57 bits per heavy atom. The van der Waals surface area contributed by atoms with Crippen molar-refractivity contribution in [1.82, 2.24) is 0 Å². The number of ether oxygens (including phenoxy) is 1. The molecule has 2 fully saturated rings. The summed E-state index contributed by atoms with van der Waals surface area (Å²) in [6.07, 6.45) is 5.47. The van der Waals surface area contributed by atoms with Gasteiger partial charge in [0.2, 0.25) is 5.91 Å². The van der Waals surface area contributed by atoms with Crippen molar-refractivity contribution < 1.29 is 9.53 Å². The Kier molecular flexibility index (Phi) is 6.34. The predicted octanol–water partition coefficient (Wildman–Crippen LogP) is 3.97. The number of anilines is 1. The van der Waals surface area contributed by atoms with Crippen LogP contribution in [0.25, 0.3) is 0 Å². The first kappa shape index (κ1) is 18.6. The van der Waals surface area contributed by atoms with Crippen LogP contribution in [0.1, 0.15) is 32.1 Å². The summed E-state index contributed by atoms with van der Waals surface area (Å²) in [5.74, 6) is 1.96. The van der Waals surface area contributed by atoms with Gasteiger partial charge in [-0.3, -0.25) is 4.79 Å². The number of nitrogens with two attached hydrogens (primary N) is 1. The summed E-state index contributed by atoms with van der Waals surface area (Å²) in [4.78, 5) is 12.6. The van der Waals surface area contributed by atoms with Crippen LogP contribution in [0, 0.1) is 17.8 Å². The van der Waals surface area contributed by atoms with Crippen LogP contribution in [0.15, 0.2) is 22.7 Å². The number of rotatable bonds is 3. The largest absolute Gasteiger partial charge is 0.495 e. The molecular formula is C17H24BrClN2O2. The number of methoxy groups -OCH3 is 1. The van der Waals surface area contributed by atoms with Crippen molar-refractivity contribution >= 4 is 39.9 Å². The molecule has 6 heteroatoms. The van der Waals surface area contributed by atoms with Crippen LogP contribution < -0.4 is 15.8 Å². The van der Waals surface area contributed by atoms with Gasteiger partial charge in [0.25, 0.3) is 0 Å². The molecule has 2 atom stereocenters. The minimum atomic E-state index is 0. The van der Waals surface area contributed by atoms with Gasteiger partial charge in [0.05, 0.1) is 11.6 Å². The molecule has 2 unspecified atom stereocenters. The maximum Gasteiger partial charge on any atom is 0.227 e. The van der Waals surface area contributed by atoms with E-state index in [0.717, 1.165) is 28.8 Å². The lowest BCUT2D eigenvalue weighted by Gasteiger charge is -2.43. The zero-order valence-electron chi connectivity index (χ0n) is 13.3. The van der Waals surface area contributed by atoms with Crippen LogP contribution in [-0.4, -0.2) is 19.1 Å². The predicted molar refractivity (Wildman–Crippen MR) is 98.1 cm³/mol. The molecule has 1 aromatic carbocycles. The first-order valence-electron chi connectivity index (χ1n) is 7.98. The molecule has 1 amide bonds. The Morgan fingerprint density at radius 2 is 1.96 bits per heavy atom. The highest BCUT2D eigenvalue weighted by molar-refractivity contribution is 9.10. The third kappa shape index (κ3) is 4.01. The van der Waals surface area contributed by atoms with Crippen molar-refractivity contribution in [3.05, 3.63) is 22.7 Å².